The minimum Gasteiger partial charge on any atom is -0.444 e. The van der Waals surface area contributed by atoms with Gasteiger partial charge in [-0.25, -0.2) is 9.78 Å². The van der Waals surface area contributed by atoms with Gasteiger partial charge in [0.25, 0.3) is 0 Å². The maximum absolute atomic E-state index is 13.4. The number of aryl methyl sites for hydroxylation is 1. The minimum atomic E-state index is -0.484. The fourth-order valence-corrected chi connectivity index (χ4v) is 5.06. The fraction of sp³-hybridized carbons (Fsp3) is 0.741. The van der Waals surface area contributed by atoms with Gasteiger partial charge in [-0.1, -0.05) is 0 Å². The molecule has 3 rings (SSSR count). The van der Waals surface area contributed by atoms with Crippen LogP contribution in [0.5, 0.6) is 0 Å². The average molecular weight is 488 g/mol. The number of alkyl carbamates (subject to hydrolysis) is 1. The van der Waals surface area contributed by atoms with Crippen LogP contribution in [-0.4, -0.2) is 72.7 Å². The molecule has 8 nitrogen and oxygen atoms in total. The van der Waals surface area contributed by atoms with Gasteiger partial charge in [-0.3, -0.25) is 4.79 Å². The van der Waals surface area contributed by atoms with E-state index in [0.717, 1.165) is 57.2 Å². The zero-order valence-corrected chi connectivity index (χ0v) is 22.7. The Morgan fingerprint density at radius 2 is 1.94 bits per heavy atom. The van der Waals surface area contributed by atoms with Crippen LogP contribution in [0.15, 0.2) is 12.3 Å². The number of nitrogens with zero attached hydrogens (tertiary/aromatic N) is 2. The second-order valence-corrected chi connectivity index (χ2v) is 11.8. The summed E-state index contributed by atoms with van der Waals surface area (Å²) in [6, 6.07) is 2.18. The Bertz CT molecular complexity index is 887. The molecule has 0 radical (unpaired) electrons. The number of amides is 1. The maximum Gasteiger partial charge on any atom is 0.407 e. The number of rotatable bonds is 10. The zero-order valence-electron chi connectivity index (χ0n) is 22.7. The van der Waals surface area contributed by atoms with Crippen molar-refractivity contribution in [2.45, 2.75) is 96.9 Å². The molecule has 0 aromatic carbocycles. The summed E-state index contributed by atoms with van der Waals surface area (Å²) >= 11 is 0. The van der Waals surface area contributed by atoms with Crippen molar-refractivity contribution in [2.24, 2.45) is 5.41 Å². The third-order valence-electron chi connectivity index (χ3n) is 7.10. The van der Waals surface area contributed by atoms with E-state index in [1.54, 1.807) is 0 Å². The number of hydrogen-bond donors (Lipinski definition) is 3. The molecule has 0 saturated heterocycles. The third kappa shape index (κ3) is 7.90. The van der Waals surface area contributed by atoms with Crippen LogP contribution in [0.25, 0.3) is 0 Å². The first-order valence-corrected chi connectivity index (χ1v) is 13.0. The molecule has 2 atom stereocenters. The predicted molar refractivity (Wildman–Crippen MR) is 140 cm³/mol. The lowest BCUT2D eigenvalue weighted by molar-refractivity contribution is 0.0483. The Balaban J connectivity index is 1.50. The Labute approximate surface area is 211 Å². The fourth-order valence-electron chi connectivity index (χ4n) is 5.06. The van der Waals surface area contributed by atoms with Gasteiger partial charge in [0.15, 0.2) is 5.78 Å². The van der Waals surface area contributed by atoms with Crippen LogP contribution in [0.4, 0.5) is 10.6 Å². The summed E-state index contributed by atoms with van der Waals surface area (Å²) in [4.78, 5) is 32.1. The lowest BCUT2D eigenvalue weighted by Crippen LogP contribution is -2.43. The van der Waals surface area contributed by atoms with Crippen molar-refractivity contribution in [2.75, 3.05) is 32.5 Å². The van der Waals surface area contributed by atoms with Crippen LogP contribution in [0, 0.1) is 12.3 Å². The molecule has 1 aromatic heterocycles. The van der Waals surface area contributed by atoms with Crippen LogP contribution in [0.1, 0.15) is 82.1 Å². The molecule has 8 heteroatoms. The molecule has 0 bridgehead atoms. The number of anilines is 1. The summed E-state index contributed by atoms with van der Waals surface area (Å²) in [5, 5.41) is 9.99. The molecule has 2 aliphatic carbocycles. The molecule has 1 unspecified atom stereocenters. The summed E-state index contributed by atoms with van der Waals surface area (Å²) in [5.41, 5.74) is 1.41. The number of nitrogens with one attached hydrogen (secondary N) is 3. The predicted octanol–water partition coefficient (Wildman–Crippen LogP) is 4.14. The summed E-state index contributed by atoms with van der Waals surface area (Å²) in [6.07, 6.45) is 7.55. The van der Waals surface area contributed by atoms with Crippen molar-refractivity contribution in [1.29, 1.82) is 0 Å². The molecule has 1 amide bonds. The van der Waals surface area contributed by atoms with Crippen molar-refractivity contribution in [3.63, 3.8) is 0 Å². The Morgan fingerprint density at radius 3 is 2.57 bits per heavy atom. The summed E-state index contributed by atoms with van der Waals surface area (Å²) in [6.45, 7) is 11.3. The lowest BCUT2D eigenvalue weighted by Gasteiger charge is -2.31. The topological polar surface area (TPSA) is 95.6 Å². The summed E-state index contributed by atoms with van der Waals surface area (Å²) < 4.78 is 5.40. The van der Waals surface area contributed by atoms with Gasteiger partial charge in [-0.05, 0) is 111 Å². The van der Waals surface area contributed by atoms with E-state index in [0.29, 0.717) is 17.4 Å². The van der Waals surface area contributed by atoms with Crippen LogP contribution in [0.3, 0.4) is 0 Å². The number of ketones is 1. The van der Waals surface area contributed by atoms with E-state index in [4.69, 9.17) is 4.74 Å². The van der Waals surface area contributed by atoms with E-state index in [1.807, 2.05) is 46.9 Å². The van der Waals surface area contributed by atoms with Gasteiger partial charge in [0.2, 0.25) is 0 Å². The molecule has 35 heavy (non-hydrogen) atoms. The quantitative estimate of drug-likeness (QED) is 0.337. The van der Waals surface area contributed by atoms with Gasteiger partial charge in [0.05, 0.1) is 11.6 Å². The monoisotopic (exact) mass is 487 g/mol. The number of pyridine rings is 1. The van der Waals surface area contributed by atoms with Crippen molar-refractivity contribution < 1.29 is 14.3 Å². The van der Waals surface area contributed by atoms with E-state index in [-0.39, 0.29) is 29.4 Å². The van der Waals surface area contributed by atoms with Gasteiger partial charge in [-0.2, -0.15) is 0 Å². The van der Waals surface area contributed by atoms with Gasteiger partial charge in [0, 0.05) is 24.8 Å². The molecule has 2 aliphatic rings. The van der Waals surface area contributed by atoms with Crippen molar-refractivity contribution in [3.8, 4) is 0 Å². The smallest absolute Gasteiger partial charge is 0.407 e. The van der Waals surface area contributed by atoms with E-state index in [2.05, 4.69) is 39.9 Å². The molecule has 1 heterocycles. The SMILES string of the molecule is Cc1cnc(NCCCN(C)C)c(C(=O)[C@@H](C)NC2CC23CCC(NC(=O)OC(C)(C)C)CC3)c1. The van der Waals surface area contributed by atoms with Crippen molar-refractivity contribution in [1.82, 2.24) is 20.5 Å². The second-order valence-electron chi connectivity index (χ2n) is 11.8. The molecule has 1 aromatic rings. The minimum absolute atomic E-state index is 0.0821. The summed E-state index contributed by atoms with van der Waals surface area (Å²) in [5.74, 6) is 0.755. The first-order valence-electron chi connectivity index (χ1n) is 13.0. The molecule has 0 aliphatic heterocycles. The number of aromatic nitrogens is 1. The van der Waals surface area contributed by atoms with Gasteiger partial charge in [-0.15, -0.1) is 0 Å². The highest BCUT2D eigenvalue weighted by molar-refractivity contribution is 6.03. The van der Waals surface area contributed by atoms with Crippen molar-refractivity contribution in [3.05, 3.63) is 23.4 Å². The van der Waals surface area contributed by atoms with Crippen LogP contribution >= 0.6 is 0 Å². The van der Waals surface area contributed by atoms with Crippen LogP contribution in [-0.2, 0) is 4.74 Å². The standard InChI is InChI=1S/C27H45N5O3/c1-18-15-21(24(29-17-18)28-13-8-14-32(6)7)23(33)19(2)30-22-16-27(22)11-9-20(10-12-27)31-25(34)35-26(3,4)5/h15,17,19-20,22,30H,8-14,16H2,1-7H3,(H,28,29)(H,31,34)/t19-,20?,22?,27?/m1/s1. The molecule has 196 valence electrons. The van der Waals surface area contributed by atoms with E-state index in [9.17, 15) is 9.59 Å². The third-order valence-corrected chi connectivity index (χ3v) is 7.10. The molecule has 2 fully saturated rings. The maximum atomic E-state index is 13.4. The number of ether oxygens (including phenoxy) is 1. The number of carbonyl (C=O) groups is 2. The molecular formula is C27H45N5O3. The highest BCUT2D eigenvalue weighted by Gasteiger charge is 2.55. The summed E-state index contributed by atoms with van der Waals surface area (Å²) in [7, 11) is 4.11. The molecular weight excluding hydrogens is 442 g/mol. The van der Waals surface area contributed by atoms with Gasteiger partial charge in [0.1, 0.15) is 11.4 Å². The molecule has 3 N–H and O–H groups in total. The van der Waals surface area contributed by atoms with Gasteiger partial charge < -0.3 is 25.6 Å². The van der Waals surface area contributed by atoms with Gasteiger partial charge >= 0.3 is 6.09 Å². The first kappa shape index (κ1) is 27.4. The molecule has 2 saturated carbocycles. The Hall–Kier alpha value is -2.19. The first-order chi connectivity index (χ1) is 16.4. The average Bonchev–Trinajstić information content (AvgIpc) is 3.42. The zero-order chi connectivity index (χ0) is 25.8. The van der Waals surface area contributed by atoms with E-state index < -0.39 is 5.60 Å². The Morgan fingerprint density at radius 1 is 1.26 bits per heavy atom. The van der Waals surface area contributed by atoms with Crippen molar-refractivity contribution >= 4 is 17.7 Å². The number of hydrogen-bond acceptors (Lipinski definition) is 7. The van der Waals surface area contributed by atoms with Crippen LogP contribution in [0.2, 0.25) is 0 Å². The lowest BCUT2D eigenvalue weighted by atomic mass is 9.82. The Kier molecular flexibility index (Phi) is 8.81. The normalized spacial score (nSPS) is 24.8. The molecule has 1 spiro atoms. The number of carbonyl (C=O) groups excluding carboxylic acids is 2. The highest BCUT2D eigenvalue weighted by atomic mass is 16.6. The van der Waals surface area contributed by atoms with Crippen LogP contribution < -0.4 is 16.0 Å². The van der Waals surface area contributed by atoms with E-state index in [1.165, 1.54) is 0 Å². The highest BCUT2D eigenvalue weighted by Crippen LogP contribution is 2.56. The number of Topliss-reactive ketones (excluding diaryl/α,β-unsaturated/α-hetero) is 1. The largest absolute Gasteiger partial charge is 0.444 e. The second kappa shape index (κ2) is 11.2. The van der Waals surface area contributed by atoms with E-state index >= 15 is 0 Å².